The monoisotopic (exact) mass is 483 g/mol. The van der Waals surface area contributed by atoms with E-state index < -0.39 is 51.0 Å². The van der Waals surface area contributed by atoms with E-state index in [1.807, 2.05) is 0 Å². The molecule has 4 rings (SSSR count). The van der Waals surface area contributed by atoms with E-state index in [1.165, 1.54) is 10.4 Å². The molecule has 7 nitrogen and oxygen atoms in total. The summed E-state index contributed by atoms with van der Waals surface area (Å²) in [7, 11) is -4.04. The van der Waals surface area contributed by atoms with E-state index in [0.717, 1.165) is 12.3 Å². The van der Waals surface area contributed by atoms with Crippen molar-refractivity contribution in [1.82, 2.24) is 9.29 Å². The fraction of sp³-hybridized carbons (Fsp3) is 0.455. The van der Waals surface area contributed by atoms with Crippen LogP contribution in [0.25, 0.3) is 0 Å². The maximum atomic E-state index is 13.8. The molecule has 178 valence electrons. The maximum Gasteiger partial charge on any atom is 0.417 e. The average Bonchev–Trinajstić information content (AvgIpc) is 3.13. The minimum absolute atomic E-state index is 0.146. The third kappa shape index (κ3) is 4.19. The van der Waals surface area contributed by atoms with E-state index in [2.05, 4.69) is 4.98 Å². The van der Waals surface area contributed by atoms with Crippen molar-refractivity contribution in [2.75, 3.05) is 18.0 Å². The van der Waals surface area contributed by atoms with Gasteiger partial charge in [0.15, 0.2) is 0 Å². The van der Waals surface area contributed by atoms with Crippen molar-refractivity contribution in [3.8, 4) is 0 Å². The number of fused-ring (bicyclic) bond motifs is 1. The number of piperazine rings is 1. The van der Waals surface area contributed by atoms with Crippen LogP contribution in [0, 0.1) is 5.92 Å². The Kier molecular flexibility index (Phi) is 5.90. The molecular formula is C22H24F3N3O4S. The molecule has 1 aliphatic carbocycles. The predicted octanol–water partition coefficient (Wildman–Crippen LogP) is 3.33. The molecule has 33 heavy (non-hydrogen) atoms. The van der Waals surface area contributed by atoms with Gasteiger partial charge in [0.25, 0.3) is 0 Å². The van der Waals surface area contributed by atoms with Crippen molar-refractivity contribution in [2.24, 2.45) is 5.92 Å². The standard InChI is InChI=1S/C22H24F3N3O4S/c1-13-11-27(19-8-7-16(10-26-19)22(23,24)25)12-14(2)28(13)33(31,32)20-17-6-4-3-5-15(17)9-18(20)21(29)30/h3-8,10,13-14,18,20H,9,11-12H2,1-2H3,(H,29,30)/t13?,14?,18-,20+/m0/s1. The molecule has 0 bridgehead atoms. The second-order valence-electron chi connectivity index (χ2n) is 8.65. The van der Waals surface area contributed by atoms with Crippen LogP contribution in [-0.2, 0) is 27.4 Å². The lowest BCUT2D eigenvalue weighted by Gasteiger charge is -2.45. The summed E-state index contributed by atoms with van der Waals surface area (Å²) in [6, 6.07) is 8.03. The molecule has 1 aromatic heterocycles. The van der Waals surface area contributed by atoms with Crippen molar-refractivity contribution in [3.05, 3.63) is 59.3 Å². The van der Waals surface area contributed by atoms with E-state index in [0.29, 0.717) is 16.9 Å². The largest absolute Gasteiger partial charge is 0.481 e. The van der Waals surface area contributed by atoms with Gasteiger partial charge in [0.2, 0.25) is 10.0 Å². The van der Waals surface area contributed by atoms with Crippen LogP contribution in [0.3, 0.4) is 0 Å². The summed E-state index contributed by atoms with van der Waals surface area (Å²) in [4.78, 5) is 17.6. The smallest absolute Gasteiger partial charge is 0.417 e. The number of halogens is 3. The first-order valence-electron chi connectivity index (χ1n) is 10.5. The predicted molar refractivity (Wildman–Crippen MR) is 115 cm³/mol. The van der Waals surface area contributed by atoms with Crippen LogP contribution < -0.4 is 4.90 Å². The Labute approximate surface area is 189 Å². The Bertz CT molecular complexity index is 1140. The second-order valence-corrected chi connectivity index (χ2v) is 10.6. The summed E-state index contributed by atoms with van der Waals surface area (Å²) >= 11 is 0. The van der Waals surface area contributed by atoms with Gasteiger partial charge < -0.3 is 10.0 Å². The van der Waals surface area contributed by atoms with Crippen LogP contribution in [0.15, 0.2) is 42.6 Å². The third-order valence-corrected chi connectivity index (χ3v) is 8.87. The number of sulfonamides is 1. The highest BCUT2D eigenvalue weighted by Crippen LogP contribution is 2.44. The van der Waals surface area contributed by atoms with Crippen LogP contribution in [-0.4, -0.2) is 54.0 Å². The minimum atomic E-state index is -4.49. The summed E-state index contributed by atoms with van der Waals surface area (Å²) < 4.78 is 67.5. The van der Waals surface area contributed by atoms with Crippen molar-refractivity contribution in [3.63, 3.8) is 0 Å². The zero-order chi connectivity index (χ0) is 24.1. The molecule has 1 N–H and O–H groups in total. The highest BCUT2D eigenvalue weighted by atomic mass is 32.2. The Morgan fingerprint density at radius 1 is 1.09 bits per heavy atom. The fourth-order valence-electron chi connectivity index (χ4n) is 5.01. The molecule has 2 aliphatic rings. The van der Waals surface area contributed by atoms with Crippen LogP contribution in [0.2, 0.25) is 0 Å². The zero-order valence-electron chi connectivity index (χ0n) is 18.0. The van der Waals surface area contributed by atoms with Crippen molar-refractivity contribution >= 4 is 21.8 Å². The number of aliphatic carboxylic acids is 1. The lowest BCUT2D eigenvalue weighted by atomic mass is 10.1. The summed E-state index contributed by atoms with van der Waals surface area (Å²) in [5.74, 6) is -1.91. The number of pyridine rings is 1. The molecule has 0 amide bonds. The third-order valence-electron chi connectivity index (χ3n) is 6.34. The minimum Gasteiger partial charge on any atom is -0.481 e. The maximum absolute atomic E-state index is 13.8. The molecule has 1 fully saturated rings. The van der Waals surface area contributed by atoms with Gasteiger partial charge in [-0.25, -0.2) is 13.4 Å². The molecule has 0 spiro atoms. The van der Waals surface area contributed by atoms with Crippen LogP contribution in [0.1, 0.15) is 35.8 Å². The van der Waals surface area contributed by atoms with E-state index in [9.17, 15) is 31.5 Å². The summed E-state index contributed by atoms with van der Waals surface area (Å²) in [6.45, 7) is 3.85. The zero-order valence-corrected chi connectivity index (χ0v) is 18.8. The normalized spacial score (nSPS) is 26.3. The Balaban J connectivity index is 1.61. The first-order chi connectivity index (χ1) is 15.4. The molecule has 1 aliphatic heterocycles. The molecule has 2 heterocycles. The first kappa shape index (κ1) is 23.5. The van der Waals surface area contributed by atoms with Gasteiger partial charge in [-0.15, -0.1) is 0 Å². The van der Waals surface area contributed by atoms with Crippen LogP contribution in [0.4, 0.5) is 19.0 Å². The Hall–Kier alpha value is -2.66. The van der Waals surface area contributed by atoms with Gasteiger partial charge in [-0.2, -0.15) is 17.5 Å². The van der Waals surface area contributed by atoms with Crippen molar-refractivity contribution < 1.29 is 31.5 Å². The molecule has 11 heteroatoms. The molecule has 1 saturated heterocycles. The highest BCUT2D eigenvalue weighted by molar-refractivity contribution is 7.89. The molecule has 4 atom stereocenters. The number of hydrogen-bond acceptors (Lipinski definition) is 5. The van der Waals surface area contributed by atoms with E-state index in [-0.39, 0.29) is 19.5 Å². The molecule has 0 radical (unpaired) electrons. The van der Waals surface area contributed by atoms with Gasteiger partial charge in [-0.3, -0.25) is 4.79 Å². The number of benzene rings is 1. The lowest BCUT2D eigenvalue weighted by Crippen LogP contribution is -2.59. The number of rotatable bonds is 4. The molecule has 0 saturated carbocycles. The molecular weight excluding hydrogens is 459 g/mol. The van der Waals surface area contributed by atoms with Crippen molar-refractivity contribution in [2.45, 2.75) is 43.8 Å². The first-order valence-corrected chi connectivity index (χ1v) is 12.0. The van der Waals surface area contributed by atoms with Gasteiger partial charge in [-0.1, -0.05) is 24.3 Å². The van der Waals surface area contributed by atoms with E-state index >= 15 is 0 Å². The van der Waals surface area contributed by atoms with Gasteiger partial charge >= 0.3 is 12.1 Å². The molecule has 2 unspecified atom stereocenters. The topological polar surface area (TPSA) is 90.8 Å². The summed E-state index contributed by atoms with van der Waals surface area (Å²) in [5.41, 5.74) is 0.371. The lowest BCUT2D eigenvalue weighted by molar-refractivity contribution is -0.141. The van der Waals surface area contributed by atoms with Crippen LogP contribution in [0.5, 0.6) is 0 Å². The summed E-state index contributed by atoms with van der Waals surface area (Å²) in [6.07, 6.45) is -3.58. The SMILES string of the molecule is CC1CN(c2ccc(C(F)(F)F)cn2)CC(C)N1S(=O)(=O)[C@@H]1c2ccccc2C[C@@H]1C(=O)O. The van der Waals surface area contributed by atoms with Gasteiger partial charge in [0, 0.05) is 31.4 Å². The second kappa shape index (κ2) is 8.28. The quantitative estimate of drug-likeness (QED) is 0.718. The fourth-order valence-corrected chi connectivity index (χ4v) is 7.59. The average molecular weight is 484 g/mol. The number of hydrogen-bond donors (Lipinski definition) is 1. The summed E-state index contributed by atoms with van der Waals surface area (Å²) in [5, 5.41) is 8.55. The number of nitrogens with zero attached hydrogens (tertiary/aromatic N) is 3. The van der Waals surface area contributed by atoms with Gasteiger partial charge in [0.05, 0.1) is 11.5 Å². The molecule has 1 aromatic carbocycles. The number of carboxylic acids is 1. The number of carboxylic acid groups (broad SMARTS) is 1. The number of aromatic nitrogens is 1. The van der Waals surface area contributed by atoms with Crippen molar-refractivity contribution in [1.29, 1.82) is 0 Å². The number of carbonyl (C=O) groups is 1. The molecule has 2 aromatic rings. The van der Waals surface area contributed by atoms with Gasteiger partial charge in [0.1, 0.15) is 11.1 Å². The Morgan fingerprint density at radius 2 is 1.73 bits per heavy atom. The Morgan fingerprint density at radius 3 is 2.27 bits per heavy atom. The van der Waals surface area contributed by atoms with E-state index in [1.54, 1.807) is 43.0 Å². The van der Waals surface area contributed by atoms with E-state index in [4.69, 9.17) is 0 Å². The number of alkyl halides is 3. The number of anilines is 1. The van der Waals surface area contributed by atoms with Crippen LogP contribution >= 0.6 is 0 Å². The van der Waals surface area contributed by atoms with Gasteiger partial charge in [-0.05, 0) is 43.5 Å². The highest BCUT2D eigenvalue weighted by Gasteiger charge is 2.50.